The van der Waals surface area contributed by atoms with Gasteiger partial charge < -0.3 is 29.7 Å². The Kier molecular flexibility index (Phi) is 12.1. The molecule has 2 aromatic carbocycles. The number of nitrogens with zero attached hydrogens (tertiary/aromatic N) is 2. The van der Waals surface area contributed by atoms with Crippen LogP contribution in [0.1, 0.15) is 75.1 Å². The molecule has 10 nitrogen and oxygen atoms in total. The van der Waals surface area contributed by atoms with Gasteiger partial charge in [-0.05, 0) is 36.8 Å². The molecule has 0 aliphatic carbocycles. The van der Waals surface area contributed by atoms with E-state index in [9.17, 15) is 24.3 Å². The summed E-state index contributed by atoms with van der Waals surface area (Å²) in [6.07, 6.45) is 7.05. The molecule has 262 valence electrons. The van der Waals surface area contributed by atoms with Crippen LogP contribution in [0.25, 0.3) is 0 Å². The monoisotopic (exact) mass is 671 g/mol. The third kappa shape index (κ3) is 7.35. The first-order valence-electron chi connectivity index (χ1n) is 17.5. The number of allylic oxidation sites excluding steroid dienone is 1. The number of aliphatic hydroxyl groups excluding tert-OH is 1. The zero-order chi connectivity index (χ0) is 35.0. The Labute approximate surface area is 289 Å². The third-order valence-electron chi connectivity index (χ3n) is 10.1. The van der Waals surface area contributed by atoms with E-state index in [1.54, 1.807) is 17.1 Å². The molecule has 2 N–H and O–H groups in total. The van der Waals surface area contributed by atoms with Gasteiger partial charge >= 0.3 is 5.97 Å². The predicted octanol–water partition coefficient (Wildman–Crippen LogP) is 4.67. The van der Waals surface area contributed by atoms with E-state index in [4.69, 9.17) is 9.47 Å². The fourth-order valence-electron chi connectivity index (χ4n) is 7.85. The average molecular weight is 672 g/mol. The number of benzene rings is 2. The molecule has 3 heterocycles. The second kappa shape index (κ2) is 16.4. The van der Waals surface area contributed by atoms with E-state index >= 15 is 0 Å². The van der Waals surface area contributed by atoms with Gasteiger partial charge in [0.2, 0.25) is 17.7 Å². The molecule has 0 radical (unpaired) electrons. The number of carbonyl (C=O) groups is 4. The molecule has 0 unspecified atom stereocenters. The third-order valence-corrected chi connectivity index (χ3v) is 10.1. The number of aliphatic hydroxyl groups is 1. The molecular formula is C39H49N3O7. The summed E-state index contributed by atoms with van der Waals surface area (Å²) in [5, 5.41) is 13.8. The van der Waals surface area contributed by atoms with Gasteiger partial charge in [0.05, 0.1) is 36.6 Å². The normalized spacial score (nSPS) is 24.9. The molecule has 0 saturated carbocycles. The van der Waals surface area contributed by atoms with Gasteiger partial charge in [0.25, 0.3) is 0 Å². The summed E-state index contributed by atoms with van der Waals surface area (Å²) in [6, 6.07) is 15.9. The van der Waals surface area contributed by atoms with E-state index in [0.29, 0.717) is 37.9 Å². The lowest BCUT2D eigenvalue weighted by Gasteiger charge is -2.39. The van der Waals surface area contributed by atoms with Crippen LogP contribution in [0.5, 0.6) is 0 Å². The Hall–Kier alpha value is -4.28. The molecule has 10 heteroatoms. The summed E-state index contributed by atoms with van der Waals surface area (Å²) in [7, 11) is 0. The van der Waals surface area contributed by atoms with Crippen LogP contribution in [0.2, 0.25) is 0 Å². The topological polar surface area (TPSA) is 125 Å². The number of fused-ring (bicyclic) bond motifs is 1. The molecule has 1 spiro atoms. The number of nitrogens with one attached hydrogen (secondary N) is 1. The van der Waals surface area contributed by atoms with Crippen molar-refractivity contribution in [3.8, 4) is 0 Å². The highest BCUT2D eigenvalue weighted by Crippen LogP contribution is 2.60. The van der Waals surface area contributed by atoms with Gasteiger partial charge in [0.15, 0.2) is 0 Å². The maximum Gasteiger partial charge on any atom is 0.306 e. The van der Waals surface area contributed by atoms with E-state index in [-0.39, 0.29) is 24.8 Å². The van der Waals surface area contributed by atoms with Crippen molar-refractivity contribution in [2.24, 2.45) is 11.8 Å². The van der Waals surface area contributed by atoms with Crippen molar-refractivity contribution in [3.63, 3.8) is 0 Å². The van der Waals surface area contributed by atoms with Crippen LogP contribution in [0.4, 0.5) is 0 Å². The maximum absolute atomic E-state index is 14.8. The number of unbranched alkanes of at least 4 members (excludes halogenated alkanes) is 2. The molecule has 0 aromatic heterocycles. The summed E-state index contributed by atoms with van der Waals surface area (Å²) in [4.78, 5) is 59.4. The number of carbonyl (C=O) groups excluding carboxylic acids is 4. The minimum atomic E-state index is -1.24. The van der Waals surface area contributed by atoms with Crippen LogP contribution in [-0.2, 0) is 28.7 Å². The molecule has 3 saturated heterocycles. The molecule has 5 rings (SSSR count). The van der Waals surface area contributed by atoms with Gasteiger partial charge in [-0.25, -0.2) is 0 Å². The second-order valence-electron chi connectivity index (χ2n) is 13.2. The molecule has 3 aliphatic heterocycles. The standard InChI is InChI=1S/C39H49N3O7/c1-4-7-15-24-41(23-6-3)38(47)35-39-22-21-31(49-39)33(34(39)37(46)42(35)30(25-43)28-18-13-10-14-19-28)36(45)40-29(27-16-11-9-12-17-27)26-48-32(44)20-8-5-2/h5-6,9-14,16-19,29-31,33-35,43H,2-4,7-8,15,20-26H2,1H3,(H,40,45)/t29-,30+,31+,33-,34-,35+,39-/m0/s1. The Morgan fingerprint density at radius 1 is 1.08 bits per heavy atom. The summed E-state index contributed by atoms with van der Waals surface area (Å²) in [6.45, 7) is 9.92. The van der Waals surface area contributed by atoms with Crippen molar-refractivity contribution in [2.75, 3.05) is 26.3 Å². The minimum absolute atomic E-state index is 0.0875. The first kappa shape index (κ1) is 36.0. The highest BCUT2D eigenvalue weighted by atomic mass is 16.5. The van der Waals surface area contributed by atoms with E-state index < -0.39 is 60.1 Å². The lowest BCUT2D eigenvalue weighted by Crippen LogP contribution is -2.57. The van der Waals surface area contributed by atoms with E-state index in [1.165, 1.54) is 4.90 Å². The number of hydrogen-bond donors (Lipinski definition) is 2. The average Bonchev–Trinajstić information content (AvgIpc) is 3.77. The zero-order valence-electron chi connectivity index (χ0n) is 28.4. The Morgan fingerprint density at radius 2 is 1.78 bits per heavy atom. The predicted molar refractivity (Wildman–Crippen MR) is 185 cm³/mol. The van der Waals surface area contributed by atoms with Crippen molar-refractivity contribution in [1.82, 2.24) is 15.1 Å². The lowest BCUT2D eigenvalue weighted by molar-refractivity contribution is -0.151. The maximum atomic E-state index is 14.8. The van der Waals surface area contributed by atoms with E-state index in [0.717, 1.165) is 24.8 Å². The first-order chi connectivity index (χ1) is 23.8. The van der Waals surface area contributed by atoms with Crippen molar-refractivity contribution < 1.29 is 33.8 Å². The summed E-state index contributed by atoms with van der Waals surface area (Å²) < 4.78 is 12.2. The number of rotatable bonds is 18. The van der Waals surface area contributed by atoms with Crippen LogP contribution >= 0.6 is 0 Å². The SMILES string of the molecule is C=CCCC(=O)OC[C@H](NC(=O)[C@@H]1[C@H]2C(=O)N([C@H](CO)c3ccccc3)[C@H](C(=O)N(CC=C)CCCCC)[C@]23CC[C@H]1O3)c1ccccc1. The summed E-state index contributed by atoms with van der Waals surface area (Å²) in [5.41, 5.74) is 0.189. The van der Waals surface area contributed by atoms with Crippen LogP contribution in [0.3, 0.4) is 0 Å². The van der Waals surface area contributed by atoms with Crippen LogP contribution in [0.15, 0.2) is 86.0 Å². The van der Waals surface area contributed by atoms with Crippen molar-refractivity contribution in [2.45, 2.75) is 81.7 Å². The van der Waals surface area contributed by atoms with Gasteiger partial charge in [-0.2, -0.15) is 0 Å². The smallest absolute Gasteiger partial charge is 0.306 e. The molecule has 7 atom stereocenters. The fourth-order valence-corrected chi connectivity index (χ4v) is 7.85. The van der Waals surface area contributed by atoms with Crippen molar-refractivity contribution in [1.29, 1.82) is 0 Å². The van der Waals surface area contributed by atoms with Crippen molar-refractivity contribution >= 4 is 23.7 Å². The van der Waals surface area contributed by atoms with Crippen LogP contribution in [0, 0.1) is 11.8 Å². The number of likely N-dealkylation sites (tertiary alicyclic amines) is 1. The highest BCUT2D eigenvalue weighted by Gasteiger charge is 2.75. The number of esters is 1. The lowest BCUT2D eigenvalue weighted by atomic mass is 9.70. The fraction of sp³-hybridized carbons (Fsp3) is 0.487. The van der Waals surface area contributed by atoms with E-state index in [1.807, 2.05) is 60.7 Å². The van der Waals surface area contributed by atoms with Gasteiger partial charge in [0.1, 0.15) is 18.2 Å². The molecule has 2 bridgehead atoms. The number of hydrogen-bond acceptors (Lipinski definition) is 7. The van der Waals surface area contributed by atoms with Gasteiger partial charge in [-0.1, -0.05) is 92.6 Å². The molecular weight excluding hydrogens is 622 g/mol. The summed E-state index contributed by atoms with van der Waals surface area (Å²) >= 11 is 0. The molecule has 3 fully saturated rings. The van der Waals surface area contributed by atoms with Gasteiger partial charge in [-0.15, -0.1) is 13.2 Å². The second-order valence-corrected chi connectivity index (χ2v) is 13.2. The van der Waals surface area contributed by atoms with Gasteiger partial charge in [-0.3, -0.25) is 19.2 Å². The first-order valence-corrected chi connectivity index (χ1v) is 17.5. The molecule has 2 aromatic rings. The molecule has 3 aliphatic rings. The zero-order valence-corrected chi connectivity index (χ0v) is 28.4. The minimum Gasteiger partial charge on any atom is -0.463 e. The highest BCUT2D eigenvalue weighted by molar-refractivity contribution is 5.99. The summed E-state index contributed by atoms with van der Waals surface area (Å²) in [5.74, 6) is -3.28. The Morgan fingerprint density at radius 3 is 2.41 bits per heavy atom. The van der Waals surface area contributed by atoms with Crippen molar-refractivity contribution in [3.05, 3.63) is 97.1 Å². The molecule has 49 heavy (non-hydrogen) atoms. The quantitative estimate of drug-likeness (QED) is 0.134. The molecule has 3 amide bonds. The van der Waals surface area contributed by atoms with Crippen LogP contribution < -0.4 is 5.32 Å². The number of amides is 3. The largest absolute Gasteiger partial charge is 0.463 e. The Bertz CT molecular complexity index is 1480. The van der Waals surface area contributed by atoms with Gasteiger partial charge in [0, 0.05) is 19.5 Å². The van der Waals surface area contributed by atoms with Crippen LogP contribution in [-0.4, -0.2) is 82.6 Å². The van der Waals surface area contributed by atoms with E-state index in [2.05, 4.69) is 25.4 Å². The Balaban J connectivity index is 1.49. The number of ether oxygens (including phenoxy) is 2.